The SMILES string of the molecule is O=C(Nc1cccc([NH+]([O-])O)c1)c1cc2ccccc2cc1O. The number of nitrogens with one attached hydrogen (secondary N) is 2. The van der Waals surface area contributed by atoms with Gasteiger partial charge in [-0.1, -0.05) is 30.3 Å². The van der Waals surface area contributed by atoms with Crippen molar-refractivity contribution in [2.75, 3.05) is 5.32 Å². The highest BCUT2D eigenvalue weighted by Gasteiger charge is 2.13. The van der Waals surface area contributed by atoms with Crippen LogP contribution < -0.4 is 10.5 Å². The number of anilines is 1. The Hall–Kier alpha value is -2.93. The van der Waals surface area contributed by atoms with Gasteiger partial charge in [0.05, 0.1) is 5.56 Å². The van der Waals surface area contributed by atoms with Gasteiger partial charge < -0.3 is 15.6 Å². The predicted molar refractivity (Wildman–Crippen MR) is 85.8 cm³/mol. The molecule has 1 atom stereocenters. The number of rotatable bonds is 3. The van der Waals surface area contributed by atoms with E-state index in [1.807, 2.05) is 24.3 Å². The van der Waals surface area contributed by atoms with Crippen LogP contribution in [0.25, 0.3) is 10.8 Å². The lowest BCUT2D eigenvalue weighted by Crippen LogP contribution is -2.99. The molecule has 0 aromatic heterocycles. The van der Waals surface area contributed by atoms with Gasteiger partial charge in [-0.15, -0.1) is 0 Å². The fourth-order valence-electron chi connectivity index (χ4n) is 2.34. The normalized spacial score (nSPS) is 12.1. The predicted octanol–water partition coefficient (Wildman–Crippen LogP) is 2.20. The van der Waals surface area contributed by atoms with Crippen molar-refractivity contribution in [1.82, 2.24) is 0 Å². The summed E-state index contributed by atoms with van der Waals surface area (Å²) in [7, 11) is 0. The van der Waals surface area contributed by atoms with Crippen LogP contribution >= 0.6 is 0 Å². The molecule has 6 nitrogen and oxygen atoms in total. The topological polar surface area (TPSA) is 97.1 Å². The molecule has 1 unspecified atom stereocenters. The number of phenolic OH excluding ortho intramolecular Hbond substituents is 1. The zero-order chi connectivity index (χ0) is 16.4. The first-order valence-corrected chi connectivity index (χ1v) is 6.91. The zero-order valence-electron chi connectivity index (χ0n) is 12.0. The third-order valence-electron chi connectivity index (χ3n) is 3.48. The third kappa shape index (κ3) is 3.14. The number of hydrogen-bond acceptors (Lipinski definition) is 4. The largest absolute Gasteiger partial charge is 0.595 e. The fourth-order valence-corrected chi connectivity index (χ4v) is 2.34. The monoisotopic (exact) mass is 310 g/mol. The molecule has 0 spiro atoms. The van der Waals surface area contributed by atoms with E-state index >= 15 is 0 Å². The first-order chi connectivity index (χ1) is 11.0. The Morgan fingerprint density at radius 2 is 1.70 bits per heavy atom. The Kier molecular flexibility index (Phi) is 3.94. The quantitative estimate of drug-likeness (QED) is 0.558. The molecule has 0 aliphatic rings. The number of carbonyl (C=O) groups excluding carboxylic acids is 1. The smallest absolute Gasteiger partial charge is 0.259 e. The summed E-state index contributed by atoms with van der Waals surface area (Å²) >= 11 is 0. The van der Waals surface area contributed by atoms with Crippen LogP contribution in [0.3, 0.4) is 0 Å². The molecule has 3 aromatic carbocycles. The van der Waals surface area contributed by atoms with Crippen LogP contribution in [0.5, 0.6) is 5.75 Å². The first kappa shape index (κ1) is 15.0. The van der Waals surface area contributed by atoms with Gasteiger partial charge in [-0.3, -0.25) is 4.79 Å². The molecule has 0 radical (unpaired) electrons. The molecular formula is C17H14N2O4. The van der Waals surface area contributed by atoms with E-state index in [0.717, 1.165) is 10.8 Å². The van der Waals surface area contributed by atoms with Gasteiger partial charge in [0.25, 0.3) is 5.91 Å². The number of amides is 1. The highest BCUT2D eigenvalue weighted by Crippen LogP contribution is 2.26. The van der Waals surface area contributed by atoms with Crippen molar-refractivity contribution in [2.45, 2.75) is 0 Å². The van der Waals surface area contributed by atoms with Gasteiger partial charge in [-0.25, -0.2) is 5.21 Å². The van der Waals surface area contributed by atoms with Crippen molar-refractivity contribution in [1.29, 1.82) is 0 Å². The van der Waals surface area contributed by atoms with E-state index in [2.05, 4.69) is 5.32 Å². The van der Waals surface area contributed by atoms with Crippen LogP contribution in [-0.2, 0) is 0 Å². The van der Waals surface area contributed by atoms with Crippen LogP contribution in [0.15, 0.2) is 60.7 Å². The van der Waals surface area contributed by atoms with Crippen LogP contribution in [0.1, 0.15) is 10.4 Å². The van der Waals surface area contributed by atoms with E-state index in [1.54, 1.807) is 18.2 Å². The van der Waals surface area contributed by atoms with Crippen LogP contribution in [0, 0.1) is 5.21 Å². The number of carbonyl (C=O) groups is 1. The van der Waals surface area contributed by atoms with E-state index in [1.165, 1.54) is 18.2 Å². The molecule has 0 bridgehead atoms. The van der Waals surface area contributed by atoms with Crippen LogP contribution in [-0.4, -0.2) is 16.2 Å². The van der Waals surface area contributed by atoms with Crippen molar-refractivity contribution in [3.05, 3.63) is 71.4 Å². The van der Waals surface area contributed by atoms with Gasteiger partial charge >= 0.3 is 0 Å². The average molecular weight is 310 g/mol. The molecule has 0 aliphatic heterocycles. The number of phenols is 1. The van der Waals surface area contributed by atoms with Gasteiger partial charge in [-0.05, 0) is 29.0 Å². The lowest BCUT2D eigenvalue weighted by Gasteiger charge is -2.13. The summed E-state index contributed by atoms with van der Waals surface area (Å²) in [6.07, 6.45) is 0. The van der Waals surface area contributed by atoms with Crippen molar-refractivity contribution in [2.24, 2.45) is 0 Å². The summed E-state index contributed by atoms with van der Waals surface area (Å²) in [6, 6.07) is 16.4. The summed E-state index contributed by atoms with van der Waals surface area (Å²) in [4.78, 5) is 12.3. The Morgan fingerprint density at radius 3 is 2.39 bits per heavy atom. The van der Waals surface area contributed by atoms with Gasteiger partial charge in [0.1, 0.15) is 5.75 Å². The van der Waals surface area contributed by atoms with E-state index in [0.29, 0.717) is 5.69 Å². The molecule has 116 valence electrons. The molecule has 0 heterocycles. The number of benzene rings is 3. The summed E-state index contributed by atoms with van der Waals surface area (Å²) in [5.74, 6) is -0.633. The maximum Gasteiger partial charge on any atom is 0.259 e. The Bertz CT molecular complexity index is 877. The highest BCUT2D eigenvalue weighted by atomic mass is 16.8. The second kappa shape index (κ2) is 6.05. The summed E-state index contributed by atoms with van der Waals surface area (Å²) in [5.41, 5.74) is 0.553. The van der Waals surface area contributed by atoms with E-state index in [9.17, 15) is 15.1 Å². The molecule has 1 amide bonds. The summed E-state index contributed by atoms with van der Waals surface area (Å²) in [5, 5.41) is 33.2. The number of aromatic hydroxyl groups is 1. The number of fused-ring (bicyclic) bond motifs is 1. The van der Waals surface area contributed by atoms with Crippen molar-refractivity contribution < 1.29 is 20.3 Å². The lowest BCUT2D eigenvalue weighted by molar-refractivity contribution is -0.991. The minimum atomic E-state index is -1.07. The highest BCUT2D eigenvalue weighted by molar-refractivity contribution is 6.08. The molecule has 3 rings (SSSR count). The Balaban J connectivity index is 1.91. The Morgan fingerprint density at radius 1 is 1.00 bits per heavy atom. The van der Waals surface area contributed by atoms with Gasteiger partial charge in [0, 0.05) is 17.8 Å². The molecule has 0 saturated heterocycles. The first-order valence-electron chi connectivity index (χ1n) is 6.91. The zero-order valence-corrected chi connectivity index (χ0v) is 12.0. The van der Waals surface area contributed by atoms with Crippen molar-refractivity contribution in [3.63, 3.8) is 0 Å². The third-order valence-corrected chi connectivity index (χ3v) is 3.48. The maximum atomic E-state index is 12.3. The number of quaternary nitrogens is 1. The van der Waals surface area contributed by atoms with Crippen molar-refractivity contribution >= 4 is 28.1 Å². The van der Waals surface area contributed by atoms with Gasteiger partial charge in [-0.2, -0.15) is 5.23 Å². The standard InChI is InChI=1S/C17H14N2O4/c20-16-9-12-5-2-1-4-11(12)8-15(16)17(21)18-13-6-3-7-14(10-13)19(22)23/h1-10,19-20,22H,(H,18,21). The van der Waals surface area contributed by atoms with Gasteiger partial charge in [0.2, 0.25) is 0 Å². The molecule has 6 heteroatoms. The molecular weight excluding hydrogens is 296 g/mol. The minimum absolute atomic E-state index is 0.0746. The van der Waals surface area contributed by atoms with Crippen LogP contribution in [0.4, 0.5) is 11.4 Å². The molecule has 0 aliphatic carbocycles. The average Bonchev–Trinajstić information content (AvgIpc) is 2.54. The second-order valence-electron chi connectivity index (χ2n) is 5.06. The maximum absolute atomic E-state index is 12.3. The Labute approximate surface area is 131 Å². The lowest BCUT2D eigenvalue weighted by atomic mass is 10.1. The van der Waals surface area contributed by atoms with Crippen molar-refractivity contribution in [3.8, 4) is 5.75 Å². The van der Waals surface area contributed by atoms with E-state index < -0.39 is 11.1 Å². The van der Waals surface area contributed by atoms with E-state index in [-0.39, 0.29) is 17.0 Å². The van der Waals surface area contributed by atoms with Crippen LogP contribution in [0.2, 0.25) is 0 Å². The van der Waals surface area contributed by atoms with E-state index in [4.69, 9.17) is 5.21 Å². The molecule has 4 N–H and O–H groups in total. The number of hydrogen-bond donors (Lipinski definition) is 4. The molecule has 0 fully saturated rings. The minimum Gasteiger partial charge on any atom is -0.595 e. The molecule has 3 aromatic rings. The molecule has 23 heavy (non-hydrogen) atoms. The summed E-state index contributed by atoms with van der Waals surface area (Å²) < 4.78 is 0. The molecule has 0 saturated carbocycles. The summed E-state index contributed by atoms with van der Waals surface area (Å²) in [6.45, 7) is 0. The fraction of sp³-hybridized carbons (Fsp3) is 0. The second-order valence-corrected chi connectivity index (χ2v) is 5.06. The van der Waals surface area contributed by atoms with Gasteiger partial charge in [0.15, 0.2) is 5.69 Å².